The summed E-state index contributed by atoms with van der Waals surface area (Å²) in [5.74, 6) is 0.909. The highest BCUT2D eigenvalue weighted by Crippen LogP contribution is 2.39. The molecule has 0 heterocycles. The Hall–Kier alpha value is -0.800. The van der Waals surface area contributed by atoms with Crippen LogP contribution in [0.3, 0.4) is 0 Å². The number of alkyl halides is 1. The van der Waals surface area contributed by atoms with Gasteiger partial charge in [-0.1, -0.05) is 63.0 Å². The van der Waals surface area contributed by atoms with Crippen molar-refractivity contribution < 1.29 is 4.74 Å². The van der Waals surface area contributed by atoms with Crippen molar-refractivity contribution in [2.45, 2.75) is 25.1 Å². The second-order valence-corrected chi connectivity index (χ2v) is 6.57. The highest BCUT2D eigenvalue weighted by molar-refractivity contribution is 9.10. The molecule has 0 spiro atoms. The molecular formula is C17H18Br2O. The van der Waals surface area contributed by atoms with Crippen molar-refractivity contribution >= 4 is 31.9 Å². The Balaban J connectivity index is 2.41. The average Bonchev–Trinajstić information content (AvgIpc) is 2.49. The van der Waals surface area contributed by atoms with Crippen molar-refractivity contribution in [3.63, 3.8) is 0 Å². The summed E-state index contributed by atoms with van der Waals surface area (Å²) in [4.78, 5) is 0.125. The molecule has 1 unspecified atom stereocenters. The van der Waals surface area contributed by atoms with Gasteiger partial charge in [-0.3, -0.25) is 0 Å². The van der Waals surface area contributed by atoms with Gasteiger partial charge in [0.1, 0.15) is 5.75 Å². The summed E-state index contributed by atoms with van der Waals surface area (Å²) in [7, 11) is 1.71. The quantitative estimate of drug-likeness (QED) is 0.591. The Morgan fingerprint density at radius 1 is 1.15 bits per heavy atom. The molecule has 0 radical (unpaired) electrons. The number of methoxy groups -OCH3 is 1. The van der Waals surface area contributed by atoms with Gasteiger partial charge in [-0.15, -0.1) is 0 Å². The minimum absolute atomic E-state index is 0.125. The van der Waals surface area contributed by atoms with Crippen LogP contribution in [0.2, 0.25) is 0 Å². The van der Waals surface area contributed by atoms with Gasteiger partial charge in [0.15, 0.2) is 0 Å². The minimum atomic E-state index is 0.125. The lowest BCUT2D eigenvalue weighted by atomic mass is 10.0. The Kier molecular flexibility index (Phi) is 5.28. The molecule has 1 nitrogen and oxygen atoms in total. The maximum absolute atomic E-state index is 5.52. The molecule has 0 amide bonds. The average molecular weight is 398 g/mol. The third kappa shape index (κ3) is 3.26. The first-order valence-corrected chi connectivity index (χ1v) is 8.34. The minimum Gasteiger partial charge on any atom is -0.496 e. The van der Waals surface area contributed by atoms with Crippen LogP contribution in [0, 0.1) is 6.92 Å². The summed E-state index contributed by atoms with van der Waals surface area (Å²) < 4.78 is 6.62. The highest BCUT2D eigenvalue weighted by Gasteiger charge is 2.16. The zero-order chi connectivity index (χ0) is 14.7. The first-order chi connectivity index (χ1) is 9.56. The molecule has 0 aromatic heterocycles. The number of benzene rings is 2. The molecule has 3 heteroatoms. The topological polar surface area (TPSA) is 9.23 Å². The first-order valence-electron chi connectivity index (χ1n) is 6.63. The van der Waals surface area contributed by atoms with E-state index in [1.165, 1.54) is 16.7 Å². The van der Waals surface area contributed by atoms with Crippen molar-refractivity contribution in [2.24, 2.45) is 0 Å². The van der Waals surface area contributed by atoms with Crippen molar-refractivity contribution in [1.29, 1.82) is 0 Å². The molecule has 2 aromatic rings. The van der Waals surface area contributed by atoms with Crippen LogP contribution in [-0.2, 0) is 6.42 Å². The van der Waals surface area contributed by atoms with Gasteiger partial charge in [-0.2, -0.15) is 0 Å². The maximum atomic E-state index is 5.52. The predicted molar refractivity (Wildman–Crippen MR) is 92.0 cm³/mol. The van der Waals surface area contributed by atoms with Crippen molar-refractivity contribution in [1.82, 2.24) is 0 Å². The van der Waals surface area contributed by atoms with Crippen LogP contribution in [-0.4, -0.2) is 7.11 Å². The van der Waals surface area contributed by atoms with E-state index in [9.17, 15) is 0 Å². The standard InChI is InChI=1S/C17H18Br2O/c1-4-12-5-7-13(8-6-12)17(19)14-10-15(18)11(2)9-16(14)20-3/h5-10,17H,4H2,1-3H3. The van der Waals surface area contributed by atoms with Gasteiger partial charge in [-0.25, -0.2) is 0 Å². The van der Waals surface area contributed by atoms with Crippen LogP contribution in [0.15, 0.2) is 40.9 Å². The van der Waals surface area contributed by atoms with E-state index in [0.717, 1.165) is 22.2 Å². The molecule has 0 aliphatic heterocycles. The molecule has 0 saturated heterocycles. The summed E-state index contributed by atoms with van der Waals surface area (Å²) in [6.07, 6.45) is 1.06. The second kappa shape index (κ2) is 6.77. The summed E-state index contributed by atoms with van der Waals surface area (Å²) in [6.45, 7) is 4.23. The van der Waals surface area contributed by atoms with E-state index in [2.05, 4.69) is 82.1 Å². The maximum Gasteiger partial charge on any atom is 0.123 e. The largest absolute Gasteiger partial charge is 0.496 e. The van der Waals surface area contributed by atoms with Crippen LogP contribution in [0.4, 0.5) is 0 Å². The summed E-state index contributed by atoms with van der Waals surface area (Å²) in [5.41, 5.74) is 4.89. The molecule has 0 saturated carbocycles. The molecular weight excluding hydrogens is 380 g/mol. The molecule has 0 N–H and O–H groups in total. The van der Waals surface area contributed by atoms with Crippen molar-refractivity contribution in [3.05, 3.63) is 63.1 Å². The van der Waals surface area contributed by atoms with E-state index in [1.54, 1.807) is 7.11 Å². The van der Waals surface area contributed by atoms with Gasteiger partial charge in [0.05, 0.1) is 11.9 Å². The highest BCUT2D eigenvalue weighted by atomic mass is 79.9. The fourth-order valence-corrected chi connectivity index (χ4v) is 3.17. The van der Waals surface area contributed by atoms with E-state index in [4.69, 9.17) is 4.74 Å². The zero-order valence-electron chi connectivity index (χ0n) is 11.9. The van der Waals surface area contributed by atoms with E-state index < -0.39 is 0 Å². The number of aryl methyl sites for hydroxylation is 2. The van der Waals surface area contributed by atoms with Crippen LogP contribution in [0.5, 0.6) is 5.75 Å². The number of hydrogen-bond acceptors (Lipinski definition) is 1. The smallest absolute Gasteiger partial charge is 0.123 e. The lowest BCUT2D eigenvalue weighted by Crippen LogP contribution is -1.98. The summed E-state index contributed by atoms with van der Waals surface area (Å²) in [5, 5.41) is 0. The van der Waals surface area contributed by atoms with Gasteiger partial charge in [0, 0.05) is 10.0 Å². The SMILES string of the molecule is CCc1ccc(C(Br)c2cc(Br)c(C)cc2OC)cc1. The third-order valence-electron chi connectivity index (χ3n) is 3.46. The van der Waals surface area contributed by atoms with Gasteiger partial charge < -0.3 is 4.74 Å². The van der Waals surface area contributed by atoms with Crippen LogP contribution in [0.1, 0.15) is 34.0 Å². The zero-order valence-corrected chi connectivity index (χ0v) is 15.1. The summed E-state index contributed by atoms with van der Waals surface area (Å²) in [6, 6.07) is 12.9. The number of halogens is 2. The number of ether oxygens (including phenoxy) is 1. The van der Waals surface area contributed by atoms with E-state index >= 15 is 0 Å². The first kappa shape index (κ1) is 15.6. The lowest BCUT2D eigenvalue weighted by Gasteiger charge is -2.17. The fraction of sp³-hybridized carbons (Fsp3) is 0.294. The Morgan fingerprint density at radius 3 is 2.35 bits per heavy atom. The Bertz CT molecular complexity index is 591. The summed E-state index contributed by atoms with van der Waals surface area (Å²) >= 11 is 7.39. The molecule has 106 valence electrons. The molecule has 1 atom stereocenters. The van der Waals surface area contributed by atoms with Crippen LogP contribution >= 0.6 is 31.9 Å². The normalized spacial score (nSPS) is 12.2. The fourth-order valence-electron chi connectivity index (χ4n) is 2.15. The third-order valence-corrected chi connectivity index (χ3v) is 5.34. The molecule has 2 aromatic carbocycles. The van der Waals surface area contributed by atoms with Crippen LogP contribution < -0.4 is 4.74 Å². The van der Waals surface area contributed by atoms with Crippen molar-refractivity contribution in [2.75, 3.05) is 7.11 Å². The lowest BCUT2D eigenvalue weighted by molar-refractivity contribution is 0.410. The number of hydrogen-bond donors (Lipinski definition) is 0. The van der Waals surface area contributed by atoms with Gasteiger partial charge in [0.25, 0.3) is 0 Å². The number of rotatable bonds is 4. The second-order valence-electron chi connectivity index (χ2n) is 4.80. The molecule has 0 aliphatic rings. The predicted octanol–water partition coefficient (Wildman–Crippen LogP) is 5.81. The van der Waals surface area contributed by atoms with E-state index in [0.29, 0.717) is 0 Å². The van der Waals surface area contributed by atoms with Gasteiger partial charge in [-0.05, 0) is 42.2 Å². The van der Waals surface area contributed by atoms with Gasteiger partial charge >= 0.3 is 0 Å². The monoisotopic (exact) mass is 396 g/mol. The van der Waals surface area contributed by atoms with E-state index in [-0.39, 0.29) is 4.83 Å². The molecule has 0 aliphatic carbocycles. The Labute approximate surface area is 137 Å². The molecule has 20 heavy (non-hydrogen) atoms. The van der Waals surface area contributed by atoms with Gasteiger partial charge in [0.2, 0.25) is 0 Å². The van der Waals surface area contributed by atoms with Crippen LogP contribution in [0.25, 0.3) is 0 Å². The molecule has 0 bridgehead atoms. The molecule has 2 rings (SSSR count). The van der Waals surface area contributed by atoms with E-state index in [1.807, 2.05) is 0 Å². The van der Waals surface area contributed by atoms with Crippen molar-refractivity contribution in [3.8, 4) is 5.75 Å². The Morgan fingerprint density at radius 2 is 1.80 bits per heavy atom. The molecule has 0 fully saturated rings.